The van der Waals surface area contributed by atoms with Gasteiger partial charge in [-0.05, 0) is 36.8 Å². The van der Waals surface area contributed by atoms with Crippen LogP contribution in [0.1, 0.15) is 24.4 Å². The molecular weight excluding hydrogens is 376 g/mol. The van der Waals surface area contributed by atoms with Crippen LogP contribution in [0.3, 0.4) is 0 Å². The minimum atomic E-state index is -0.154. The maximum Gasteiger partial charge on any atom is 0.258 e. The highest BCUT2D eigenvalue weighted by Gasteiger charge is 2.28. The Bertz CT molecular complexity index is 1060. The van der Waals surface area contributed by atoms with E-state index in [9.17, 15) is 9.59 Å². The summed E-state index contributed by atoms with van der Waals surface area (Å²) < 4.78 is 0. The summed E-state index contributed by atoms with van der Waals surface area (Å²) >= 11 is 5.92. The molecule has 2 heterocycles. The van der Waals surface area contributed by atoms with Gasteiger partial charge in [-0.1, -0.05) is 35.9 Å². The lowest BCUT2D eigenvalue weighted by atomic mass is 10.1. The lowest BCUT2D eigenvalue weighted by molar-refractivity contribution is -0.137. The van der Waals surface area contributed by atoms with Crippen LogP contribution < -0.4 is 5.56 Å². The average molecular weight is 397 g/mol. The van der Waals surface area contributed by atoms with Gasteiger partial charge in [-0.15, -0.1) is 0 Å². The van der Waals surface area contributed by atoms with Crippen molar-refractivity contribution < 1.29 is 4.79 Å². The highest BCUT2D eigenvalue weighted by atomic mass is 35.5. The van der Waals surface area contributed by atoms with Crippen LogP contribution in [0.4, 0.5) is 0 Å². The number of carbonyl (C=O) groups is 1. The summed E-state index contributed by atoms with van der Waals surface area (Å²) in [5.41, 5.74) is 1.57. The third kappa shape index (κ3) is 3.79. The highest BCUT2D eigenvalue weighted by Crippen LogP contribution is 2.21. The van der Waals surface area contributed by atoms with Crippen LogP contribution in [0, 0.1) is 0 Å². The van der Waals surface area contributed by atoms with Crippen LogP contribution in [0.2, 0.25) is 5.02 Å². The maximum atomic E-state index is 12.7. The monoisotopic (exact) mass is 396 g/mol. The van der Waals surface area contributed by atoms with Gasteiger partial charge in [0.05, 0.1) is 23.5 Å². The third-order valence-electron chi connectivity index (χ3n) is 5.21. The number of nitrogens with one attached hydrogen (secondary N) is 1. The lowest BCUT2D eigenvalue weighted by Gasteiger charge is -2.37. The standard InChI is InChI=1S/C21H21ClN4O2/c1-14(20-23-18-5-3-2-4-17(18)21(28)24-20)25-10-11-26(19(27)13-25)12-15-6-8-16(22)9-7-15/h2-9,14H,10-13H2,1H3,(H,23,24,28). The highest BCUT2D eigenvalue weighted by molar-refractivity contribution is 6.30. The summed E-state index contributed by atoms with van der Waals surface area (Å²) in [5, 5.41) is 1.26. The normalized spacial score (nSPS) is 16.5. The topological polar surface area (TPSA) is 69.3 Å². The predicted molar refractivity (Wildman–Crippen MR) is 109 cm³/mol. The minimum Gasteiger partial charge on any atom is -0.336 e. The van der Waals surface area contributed by atoms with Crippen LogP contribution in [0.5, 0.6) is 0 Å². The molecule has 1 fully saturated rings. The minimum absolute atomic E-state index is 0.0659. The van der Waals surface area contributed by atoms with Gasteiger partial charge in [0.15, 0.2) is 0 Å². The van der Waals surface area contributed by atoms with Gasteiger partial charge in [0.25, 0.3) is 5.56 Å². The molecule has 1 aliphatic rings. The molecule has 3 aromatic rings. The van der Waals surface area contributed by atoms with E-state index in [2.05, 4.69) is 9.97 Å². The SMILES string of the molecule is CC(c1nc2ccccc2c(=O)[nH]1)N1CCN(Cc2ccc(Cl)cc2)C(=O)C1. The summed E-state index contributed by atoms with van der Waals surface area (Å²) in [5.74, 6) is 0.652. The van der Waals surface area contributed by atoms with Gasteiger partial charge < -0.3 is 9.88 Å². The Kier molecular flexibility index (Phi) is 5.15. The molecule has 1 saturated heterocycles. The molecule has 4 rings (SSSR count). The van der Waals surface area contributed by atoms with Crippen molar-refractivity contribution in [2.75, 3.05) is 19.6 Å². The first kappa shape index (κ1) is 18.7. The fraction of sp³-hybridized carbons (Fsp3) is 0.286. The number of hydrogen-bond donors (Lipinski definition) is 1. The van der Waals surface area contributed by atoms with Crippen molar-refractivity contribution in [1.82, 2.24) is 19.8 Å². The second-order valence-electron chi connectivity index (χ2n) is 7.06. The van der Waals surface area contributed by atoms with E-state index in [0.29, 0.717) is 41.4 Å². The zero-order chi connectivity index (χ0) is 19.7. The number of H-pyrrole nitrogens is 1. The fourth-order valence-electron chi connectivity index (χ4n) is 3.51. The van der Waals surface area contributed by atoms with Gasteiger partial charge in [-0.3, -0.25) is 14.5 Å². The first-order valence-corrected chi connectivity index (χ1v) is 9.64. The van der Waals surface area contributed by atoms with Crippen molar-refractivity contribution in [2.24, 2.45) is 0 Å². The first-order valence-electron chi connectivity index (χ1n) is 9.26. The summed E-state index contributed by atoms with van der Waals surface area (Å²) in [7, 11) is 0. The molecule has 0 aliphatic carbocycles. The molecular formula is C21H21ClN4O2. The number of nitrogens with zero attached hydrogens (tertiary/aromatic N) is 3. The molecule has 0 saturated carbocycles. The van der Waals surface area contributed by atoms with Crippen molar-refractivity contribution in [3.8, 4) is 0 Å². The molecule has 1 amide bonds. The van der Waals surface area contributed by atoms with Gasteiger partial charge in [0, 0.05) is 24.7 Å². The van der Waals surface area contributed by atoms with Crippen LogP contribution in [0.15, 0.2) is 53.3 Å². The number of halogens is 1. The molecule has 6 nitrogen and oxygen atoms in total. The Morgan fingerprint density at radius 1 is 1.11 bits per heavy atom. The number of aromatic amines is 1. The van der Waals surface area contributed by atoms with Crippen molar-refractivity contribution in [3.63, 3.8) is 0 Å². The van der Waals surface area contributed by atoms with Gasteiger partial charge in [0.2, 0.25) is 5.91 Å². The Balaban J connectivity index is 1.47. The number of rotatable bonds is 4. The molecule has 2 aromatic carbocycles. The molecule has 1 aromatic heterocycles. The molecule has 1 aliphatic heterocycles. The number of piperazine rings is 1. The molecule has 0 spiro atoms. The second kappa shape index (κ2) is 7.73. The van der Waals surface area contributed by atoms with E-state index in [1.165, 1.54) is 0 Å². The van der Waals surface area contributed by atoms with Gasteiger partial charge in [-0.2, -0.15) is 0 Å². The maximum absolute atomic E-state index is 12.7. The van der Waals surface area contributed by atoms with E-state index in [-0.39, 0.29) is 17.5 Å². The summed E-state index contributed by atoms with van der Waals surface area (Å²) in [6.07, 6.45) is 0. The molecule has 28 heavy (non-hydrogen) atoms. The van der Waals surface area contributed by atoms with Gasteiger partial charge in [-0.25, -0.2) is 4.98 Å². The zero-order valence-corrected chi connectivity index (χ0v) is 16.3. The molecule has 144 valence electrons. The van der Waals surface area contributed by atoms with Crippen molar-refractivity contribution >= 4 is 28.4 Å². The van der Waals surface area contributed by atoms with E-state index in [4.69, 9.17) is 11.6 Å². The molecule has 7 heteroatoms. The molecule has 1 unspecified atom stereocenters. The van der Waals surface area contributed by atoms with Crippen LogP contribution >= 0.6 is 11.6 Å². The van der Waals surface area contributed by atoms with Crippen LogP contribution in [-0.4, -0.2) is 45.3 Å². The van der Waals surface area contributed by atoms with E-state index in [0.717, 1.165) is 12.1 Å². The number of carbonyl (C=O) groups excluding carboxylic acids is 1. The summed E-state index contributed by atoms with van der Waals surface area (Å²) in [6, 6.07) is 14.7. The Morgan fingerprint density at radius 2 is 1.86 bits per heavy atom. The molecule has 0 bridgehead atoms. The van der Waals surface area contributed by atoms with Crippen LogP contribution in [-0.2, 0) is 11.3 Å². The van der Waals surface area contributed by atoms with Crippen molar-refractivity contribution in [2.45, 2.75) is 19.5 Å². The van der Waals surface area contributed by atoms with Gasteiger partial charge >= 0.3 is 0 Å². The van der Waals surface area contributed by atoms with Crippen molar-refractivity contribution in [3.05, 3.63) is 75.3 Å². The Labute approximate surface area is 167 Å². The largest absolute Gasteiger partial charge is 0.336 e. The Morgan fingerprint density at radius 3 is 2.61 bits per heavy atom. The first-order chi connectivity index (χ1) is 13.5. The van der Waals surface area contributed by atoms with Gasteiger partial charge in [0.1, 0.15) is 5.82 Å². The smallest absolute Gasteiger partial charge is 0.258 e. The number of para-hydroxylation sites is 1. The molecule has 0 radical (unpaired) electrons. The second-order valence-corrected chi connectivity index (χ2v) is 7.49. The quantitative estimate of drug-likeness (QED) is 0.736. The van der Waals surface area contributed by atoms with Crippen molar-refractivity contribution in [1.29, 1.82) is 0 Å². The van der Waals surface area contributed by atoms with E-state index in [1.54, 1.807) is 6.07 Å². The number of amides is 1. The average Bonchev–Trinajstić information content (AvgIpc) is 2.70. The molecule has 1 N–H and O–H groups in total. The number of hydrogen-bond acceptors (Lipinski definition) is 4. The fourth-order valence-corrected chi connectivity index (χ4v) is 3.64. The predicted octanol–water partition coefficient (Wildman–Crippen LogP) is 2.98. The number of benzene rings is 2. The lowest BCUT2D eigenvalue weighted by Crippen LogP contribution is -2.50. The van der Waals surface area contributed by atoms with E-state index < -0.39 is 0 Å². The summed E-state index contributed by atoms with van der Waals surface area (Å²) in [4.78, 5) is 36.4. The molecule has 1 atom stereocenters. The third-order valence-corrected chi connectivity index (χ3v) is 5.46. The zero-order valence-electron chi connectivity index (χ0n) is 15.6. The number of aromatic nitrogens is 2. The number of fused-ring (bicyclic) bond motifs is 1. The van der Waals surface area contributed by atoms with E-state index >= 15 is 0 Å². The Hall–Kier alpha value is -2.70. The van der Waals surface area contributed by atoms with E-state index in [1.807, 2.05) is 59.2 Å². The summed E-state index contributed by atoms with van der Waals surface area (Å²) in [6.45, 7) is 4.18. The van der Waals surface area contributed by atoms with Crippen LogP contribution in [0.25, 0.3) is 10.9 Å².